The Hall–Kier alpha value is -3.70. The van der Waals surface area contributed by atoms with E-state index in [2.05, 4.69) is 11.1 Å². The first-order chi connectivity index (χ1) is 14.8. The average Bonchev–Trinajstić information content (AvgIpc) is 3.13. The van der Waals surface area contributed by atoms with Crippen molar-refractivity contribution in [3.8, 4) is 11.8 Å². The van der Waals surface area contributed by atoms with Gasteiger partial charge in [-0.3, -0.25) is 19.8 Å². The Morgan fingerprint density at radius 2 is 2.03 bits per heavy atom. The lowest BCUT2D eigenvalue weighted by molar-refractivity contribution is -0.384. The van der Waals surface area contributed by atoms with Gasteiger partial charge in [0.15, 0.2) is 0 Å². The van der Waals surface area contributed by atoms with Crippen LogP contribution in [0.3, 0.4) is 0 Å². The van der Waals surface area contributed by atoms with E-state index in [-0.39, 0.29) is 30.4 Å². The van der Waals surface area contributed by atoms with Gasteiger partial charge < -0.3 is 4.57 Å². The fourth-order valence-corrected chi connectivity index (χ4v) is 3.46. The maximum atomic E-state index is 12.8. The molecule has 0 unspecified atom stereocenters. The van der Waals surface area contributed by atoms with Crippen LogP contribution < -0.4 is 4.90 Å². The van der Waals surface area contributed by atoms with Crippen molar-refractivity contribution in [3.63, 3.8) is 0 Å². The van der Waals surface area contributed by atoms with Crippen LogP contribution in [-0.4, -0.2) is 20.4 Å². The SMILES string of the molecule is CCCC(=O)N(Cc1ccc(-n2cc(Cl)cc2C#N)cc1)c1nccc(C)c1[N+](=O)[O-]. The van der Waals surface area contributed by atoms with Gasteiger partial charge >= 0.3 is 5.69 Å². The number of benzene rings is 1. The molecule has 0 aliphatic carbocycles. The summed E-state index contributed by atoms with van der Waals surface area (Å²) in [5, 5.41) is 21.3. The number of nitrogens with zero attached hydrogens (tertiary/aromatic N) is 5. The second kappa shape index (κ2) is 9.41. The maximum absolute atomic E-state index is 12.8. The minimum atomic E-state index is -0.508. The lowest BCUT2D eigenvalue weighted by Gasteiger charge is -2.22. The van der Waals surface area contributed by atoms with Crippen molar-refractivity contribution in [2.24, 2.45) is 0 Å². The molecule has 1 amide bonds. The number of anilines is 1. The molecule has 0 saturated heterocycles. The van der Waals surface area contributed by atoms with Crippen molar-refractivity contribution < 1.29 is 9.72 Å². The van der Waals surface area contributed by atoms with E-state index >= 15 is 0 Å². The lowest BCUT2D eigenvalue weighted by Crippen LogP contribution is -2.31. The Morgan fingerprint density at radius 1 is 1.32 bits per heavy atom. The van der Waals surface area contributed by atoms with E-state index in [0.717, 1.165) is 11.3 Å². The van der Waals surface area contributed by atoms with Crippen molar-refractivity contribution in [2.75, 3.05) is 4.90 Å². The molecule has 9 heteroatoms. The Bertz CT molecular complexity index is 1160. The average molecular weight is 438 g/mol. The number of aromatic nitrogens is 2. The Balaban J connectivity index is 1.97. The molecule has 1 aromatic carbocycles. The highest BCUT2D eigenvalue weighted by Gasteiger charge is 2.27. The van der Waals surface area contributed by atoms with E-state index in [1.54, 1.807) is 54.1 Å². The summed E-state index contributed by atoms with van der Waals surface area (Å²) in [6, 6.07) is 12.4. The first-order valence-corrected chi connectivity index (χ1v) is 10.0. The van der Waals surface area contributed by atoms with Crippen LogP contribution in [0, 0.1) is 28.4 Å². The summed E-state index contributed by atoms with van der Waals surface area (Å²) in [5.41, 5.74) is 2.16. The first kappa shape index (κ1) is 22.0. The summed E-state index contributed by atoms with van der Waals surface area (Å²) in [6.07, 6.45) is 3.97. The monoisotopic (exact) mass is 437 g/mol. The van der Waals surface area contributed by atoms with Crippen molar-refractivity contribution in [3.05, 3.63) is 80.7 Å². The van der Waals surface area contributed by atoms with Gasteiger partial charge in [0, 0.05) is 30.1 Å². The number of amides is 1. The number of carbonyl (C=O) groups excluding carboxylic acids is 1. The van der Waals surface area contributed by atoms with Crippen molar-refractivity contribution in [1.82, 2.24) is 9.55 Å². The third-order valence-electron chi connectivity index (χ3n) is 4.77. The van der Waals surface area contributed by atoms with E-state index in [1.807, 2.05) is 6.92 Å². The highest BCUT2D eigenvalue weighted by molar-refractivity contribution is 6.30. The quantitative estimate of drug-likeness (QED) is 0.384. The number of pyridine rings is 1. The molecule has 2 aromatic heterocycles. The predicted octanol–water partition coefficient (Wildman–Crippen LogP) is 4.95. The molecular formula is C22H20ClN5O3. The molecule has 31 heavy (non-hydrogen) atoms. The van der Waals surface area contributed by atoms with Crippen LogP contribution in [0.4, 0.5) is 11.5 Å². The highest BCUT2D eigenvalue weighted by Crippen LogP contribution is 2.31. The molecule has 0 radical (unpaired) electrons. The van der Waals surface area contributed by atoms with Gasteiger partial charge in [-0.05, 0) is 43.2 Å². The minimum Gasteiger partial charge on any atom is -0.307 e. The van der Waals surface area contributed by atoms with E-state index in [9.17, 15) is 20.2 Å². The molecule has 0 bridgehead atoms. The Morgan fingerprint density at radius 3 is 2.65 bits per heavy atom. The summed E-state index contributed by atoms with van der Waals surface area (Å²) in [7, 11) is 0. The maximum Gasteiger partial charge on any atom is 0.314 e. The topological polar surface area (TPSA) is 105 Å². The normalized spacial score (nSPS) is 10.5. The van der Waals surface area contributed by atoms with Crippen LogP contribution in [0.15, 0.2) is 48.8 Å². The number of nitriles is 1. The van der Waals surface area contributed by atoms with Gasteiger partial charge in [0.05, 0.1) is 16.5 Å². The number of aryl methyl sites for hydroxylation is 1. The molecule has 2 heterocycles. The zero-order valence-electron chi connectivity index (χ0n) is 17.1. The van der Waals surface area contributed by atoms with Crippen LogP contribution in [0.5, 0.6) is 0 Å². The number of halogens is 1. The van der Waals surface area contributed by atoms with Crippen molar-refractivity contribution >= 4 is 29.0 Å². The van der Waals surface area contributed by atoms with Gasteiger partial charge in [-0.15, -0.1) is 0 Å². The summed E-state index contributed by atoms with van der Waals surface area (Å²) >= 11 is 6.00. The van der Waals surface area contributed by atoms with Crippen molar-refractivity contribution in [1.29, 1.82) is 5.26 Å². The summed E-state index contributed by atoms with van der Waals surface area (Å²) in [6.45, 7) is 3.63. The number of carbonyl (C=O) groups is 1. The molecule has 158 valence electrons. The first-order valence-electron chi connectivity index (χ1n) is 9.63. The molecule has 0 spiro atoms. The summed E-state index contributed by atoms with van der Waals surface area (Å²) in [4.78, 5) is 29.5. The predicted molar refractivity (Wildman–Crippen MR) is 117 cm³/mol. The summed E-state index contributed by atoms with van der Waals surface area (Å²) in [5.74, 6) is -0.201. The molecule has 0 aliphatic rings. The Labute approximate surface area is 184 Å². The van der Waals surface area contributed by atoms with Crippen molar-refractivity contribution in [2.45, 2.75) is 33.2 Å². The lowest BCUT2D eigenvalue weighted by atomic mass is 10.1. The third-order valence-corrected chi connectivity index (χ3v) is 4.97. The number of rotatable bonds is 7. The molecule has 0 aliphatic heterocycles. The molecule has 8 nitrogen and oxygen atoms in total. The molecule has 3 rings (SSSR count). The van der Waals surface area contributed by atoms with Crippen LogP contribution in [-0.2, 0) is 11.3 Å². The Kier molecular flexibility index (Phi) is 6.68. The second-order valence-electron chi connectivity index (χ2n) is 6.98. The van der Waals surface area contributed by atoms with Gasteiger partial charge in [-0.1, -0.05) is 30.7 Å². The van der Waals surface area contributed by atoms with Gasteiger partial charge in [0.25, 0.3) is 0 Å². The zero-order valence-corrected chi connectivity index (χ0v) is 17.8. The molecule has 3 aromatic rings. The minimum absolute atomic E-state index is 0.0384. The summed E-state index contributed by atoms with van der Waals surface area (Å²) < 4.78 is 1.67. The van der Waals surface area contributed by atoms with Crippen LogP contribution >= 0.6 is 11.6 Å². The van der Waals surface area contributed by atoms with Crippen LogP contribution in [0.1, 0.15) is 36.6 Å². The standard InChI is InChI=1S/C22H20ClN5O3/c1-3-4-20(29)27(22-21(28(30)31)15(2)9-10-25-22)13-16-5-7-18(8-6-16)26-14-17(23)11-19(26)12-24/h5-11,14H,3-4,13H2,1-2H3. The van der Waals surface area contributed by atoms with Gasteiger partial charge in [-0.25, -0.2) is 4.98 Å². The third kappa shape index (κ3) is 4.73. The fourth-order valence-electron chi connectivity index (χ4n) is 3.26. The van der Waals surface area contributed by atoms with E-state index < -0.39 is 4.92 Å². The smallest absolute Gasteiger partial charge is 0.307 e. The fraction of sp³-hybridized carbons (Fsp3) is 0.227. The second-order valence-corrected chi connectivity index (χ2v) is 7.42. The highest BCUT2D eigenvalue weighted by atomic mass is 35.5. The molecule has 0 fully saturated rings. The van der Waals surface area contributed by atoms with Gasteiger partial charge in [-0.2, -0.15) is 5.26 Å². The number of hydrogen-bond acceptors (Lipinski definition) is 5. The van der Waals surface area contributed by atoms with Crippen LogP contribution in [0.25, 0.3) is 5.69 Å². The van der Waals surface area contributed by atoms with E-state index in [4.69, 9.17) is 11.6 Å². The molecule has 0 saturated carbocycles. The largest absolute Gasteiger partial charge is 0.314 e. The van der Waals surface area contributed by atoms with E-state index in [0.29, 0.717) is 22.7 Å². The number of nitro groups is 1. The molecule has 0 atom stereocenters. The molecule has 0 N–H and O–H groups in total. The molecular weight excluding hydrogens is 418 g/mol. The zero-order chi connectivity index (χ0) is 22.5. The van der Waals surface area contributed by atoms with Gasteiger partial charge in [0.1, 0.15) is 11.8 Å². The van der Waals surface area contributed by atoms with Crippen LogP contribution in [0.2, 0.25) is 5.02 Å². The number of hydrogen-bond donors (Lipinski definition) is 0. The van der Waals surface area contributed by atoms with E-state index in [1.165, 1.54) is 11.1 Å². The van der Waals surface area contributed by atoms with Gasteiger partial charge in [0.2, 0.25) is 11.7 Å².